The van der Waals surface area contributed by atoms with Crippen LogP contribution in [0.3, 0.4) is 0 Å². The van der Waals surface area contributed by atoms with Crippen LogP contribution in [-0.2, 0) is 4.74 Å². The van der Waals surface area contributed by atoms with Gasteiger partial charge >= 0.3 is 6.09 Å². The predicted molar refractivity (Wildman–Crippen MR) is 101 cm³/mol. The Bertz CT molecular complexity index is 853. The van der Waals surface area contributed by atoms with Crippen LogP contribution in [0.4, 0.5) is 15.0 Å². The summed E-state index contributed by atoms with van der Waals surface area (Å²) in [5.41, 5.74) is -0.0166. The molecule has 27 heavy (non-hydrogen) atoms. The minimum Gasteiger partial charge on any atom is -0.494 e. The van der Waals surface area contributed by atoms with Crippen molar-refractivity contribution in [2.45, 2.75) is 38.8 Å². The Kier molecular flexibility index (Phi) is 5.08. The fourth-order valence-electron chi connectivity index (χ4n) is 3.20. The van der Waals surface area contributed by atoms with Crippen LogP contribution in [0.1, 0.15) is 27.2 Å². The molecule has 1 aliphatic rings. The molecule has 1 atom stereocenters. The molecule has 0 spiro atoms. The first kappa shape index (κ1) is 19.1. The van der Waals surface area contributed by atoms with Crippen molar-refractivity contribution < 1.29 is 18.7 Å². The molecule has 1 fully saturated rings. The zero-order valence-electron chi connectivity index (χ0n) is 16.3. The number of anilines is 1. The number of carbonyl (C=O) groups is 1. The van der Waals surface area contributed by atoms with E-state index in [1.165, 1.54) is 19.5 Å². The summed E-state index contributed by atoms with van der Waals surface area (Å²) in [6.45, 7) is 6.71. The minimum absolute atomic E-state index is 0.0756. The second-order valence-corrected chi connectivity index (χ2v) is 7.68. The molecule has 2 aromatic rings. The second-order valence-electron chi connectivity index (χ2n) is 7.68. The summed E-state index contributed by atoms with van der Waals surface area (Å²) in [6, 6.07) is 3.03. The standard InChI is InChI=1S/C19H25FN4O3/c1-19(2,3)27-18(25)24-7-6-12(10-24)23(4)17-13-8-16(26-5)14(20)9-15(13)21-11-22-17/h8-9,11-12H,6-7,10H2,1-5H3. The SMILES string of the molecule is COc1cc2c(N(C)C3CCN(C(=O)OC(C)(C)C)C3)ncnc2cc1F. The van der Waals surface area contributed by atoms with Gasteiger partial charge in [0.1, 0.15) is 17.7 Å². The highest BCUT2D eigenvalue weighted by Gasteiger charge is 2.32. The van der Waals surface area contributed by atoms with Gasteiger partial charge in [0.05, 0.1) is 12.6 Å². The Hall–Kier alpha value is -2.64. The number of methoxy groups -OCH3 is 1. The van der Waals surface area contributed by atoms with Crippen molar-refractivity contribution in [1.82, 2.24) is 14.9 Å². The van der Waals surface area contributed by atoms with Gasteiger partial charge in [-0.3, -0.25) is 0 Å². The van der Waals surface area contributed by atoms with Gasteiger partial charge in [0.15, 0.2) is 11.6 Å². The number of aromatic nitrogens is 2. The van der Waals surface area contributed by atoms with E-state index in [1.807, 2.05) is 32.7 Å². The highest BCUT2D eigenvalue weighted by molar-refractivity contribution is 5.90. The lowest BCUT2D eigenvalue weighted by Gasteiger charge is -2.28. The third-order valence-corrected chi connectivity index (χ3v) is 4.58. The third kappa shape index (κ3) is 4.04. The molecule has 146 valence electrons. The maximum atomic E-state index is 14.0. The summed E-state index contributed by atoms with van der Waals surface area (Å²) >= 11 is 0. The van der Waals surface area contributed by atoms with Crippen LogP contribution in [0, 0.1) is 5.82 Å². The molecule has 1 saturated heterocycles. The van der Waals surface area contributed by atoms with Gasteiger partial charge in [-0.15, -0.1) is 0 Å². The zero-order valence-corrected chi connectivity index (χ0v) is 16.3. The Morgan fingerprint density at radius 3 is 2.74 bits per heavy atom. The van der Waals surface area contributed by atoms with Crippen molar-refractivity contribution >= 4 is 22.8 Å². The molecule has 1 aromatic carbocycles. The van der Waals surface area contributed by atoms with E-state index in [9.17, 15) is 9.18 Å². The van der Waals surface area contributed by atoms with Crippen LogP contribution in [0.5, 0.6) is 5.75 Å². The average Bonchev–Trinajstić information content (AvgIpc) is 3.08. The lowest BCUT2D eigenvalue weighted by Crippen LogP contribution is -2.39. The summed E-state index contributed by atoms with van der Waals surface area (Å²) in [7, 11) is 3.34. The summed E-state index contributed by atoms with van der Waals surface area (Å²) in [4.78, 5) is 24.6. The zero-order chi connectivity index (χ0) is 19.8. The van der Waals surface area contributed by atoms with Gasteiger partial charge in [-0.25, -0.2) is 19.2 Å². The highest BCUT2D eigenvalue weighted by Crippen LogP contribution is 2.31. The lowest BCUT2D eigenvalue weighted by atomic mass is 10.1. The van der Waals surface area contributed by atoms with Crippen LogP contribution in [0.15, 0.2) is 18.5 Å². The number of hydrogen-bond donors (Lipinski definition) is 0. The van der Waals surface area contributed by atoms with Crippen LogP contribution in [0.25, 0.3) is 10.9 Å². The molecule has 8 heteroatoms. The largest absolute Gasteiger partial charge is 0.494 e. The van der Waals surface area contributed by atoms with E-state index in [2.05, 4.69) is 9.97 Å². The number of hydrogen-bond acceptors (Lipinski definition) is 6. The minimum atomic E-state index is -0.523. The van der Waals surface area contributed by atoms with Crippen molar-refractivity contribution in [2.75, 3.05) is 32.1 Å². The van der Waals surface area contributed by atoms with Gasteiger partial charge in [0.2, 0.25) is 0 Å². The number of benzene rings is 1. The smallest absolute Gasteiger partial charge is 0.410 e. The van der Waals surface area contributed by atoms with E-state index >= 15 is 0 Å². The summed E-state index contributed by atoms with van der Waals surface area (Å²) in [5.74, 6) is 0.359. The highest BCUT2D eigenvalue weighted by atomic mass is 19.1. The maximum Gasteiger partial charge on any atom is 0.410 e. The van der Waals surface area contributed by atoms with E-state index in [-0.39, 0.29) is 17.9 Å². The molecule has 3 rings (SSSR count). The molecule has 1 unspecified atom stereocenters. The monoisotopic (exact) mass is 376 g/mol. The molecule has 0 saturated carbocycles. The summed E-state index contributed by atoms with van der Waals surface area (Å²) in [6.07, 6.45) is 1.90. The molecule has 0 radical (unpaired) electrons. The number of ether oxygens (including phenoxy) is 2. The Morgan fingerprint density at radius 1 is 1.33 bits per heavy atom. The van der Waals surface area contributed by atoms with Gasteiger partial charge in [0, 0.05) is 37.6 Å². The van der Waals surface area contributed by atoms with Crippen molar-refractivity contribution in [3.8, 4) is 5.75 Å². The van der Waals surface area contributed by atoms with E-state index in [0.29, 0.717) is 29.8 Å². The van der Waals surface area contributed by atoms with Crippen LogP contribution < -0.4 is 9.64 Å². The fourth-order valence-corrected chi connectivity index (χ4v) is 3.20. The first-order chi connectivity index (χ1) is 12.7. The van der Waals surface area contributed by atoms with Crippen molar-refractivity contribution in [1.29, 1.82) is 0 Å². The first-order valence-corrected chi connectivity index (χ1v) is 8.88. The van der Waals surface area contributed by atoms with Crippen molar-refractivity contribution in [2.24, 2.45) is 0 Å². The average molecular weight is 376 g/mol. The van der Waals surface area contributed by atoms with Crippen LogP contribution >= 0.6 is 0 Å². The van der Waals surface area contributed by atoms with Gasteiger partial charge in [-0.1, -0.05) is 0 Å². The Labute approximate surface area is 158 Å². The van der Waals surface area contributed by atoms with Gasteiger partial charge in [0.25, 0.3) is 0 Å². The molecular formula is C19H25FN4O3. The molecular weight excluding hydrogens is 351 g/mol. The topological polar surface area (TPSA) is 67.8 Å². The molecule has 2 heterocycles. The number of rotatable bonds is 3. The van der Waals surface area contributed by atoms with Gasteiger partial charge < -0.3 is 19.3 Å². The third-order valence-electron chi connectivity index (χ3n) is 4.58. The molecule has 0 bridgehead atoms. The Morgan fingerprint density at radius 2 is 2.07 bits per heavy atom. The van der Waals surface area contributed by atoms with Gasteiger partial charge in [-0.2, -0.15) is 0 Å². The normalized spacial score (nSPS) is 17.3. The number of fused-ring (bicyclic) bond motifs is 1. The molecule has 7 nitrogen and oxygen atoms in total. The maximum absolute atomic E-state index is 14.0. The number of nitrogens with zero attached hydrogens (tertiary/aromatic N) is 4. The lowest BCUT2D eigenvalue weighted by molar-refractivity contribution is 0.0292. The molecule has 0 N–H and O–H groups in total. The molecule has 0 aliphatic carbocycles. The van der Waals surface area contributed by atoms with E-state index in [0.717, 1.165) is 6.42 Å². The molecule has 1 amide bonds. The van der Waals surface area contributed by atoms with E-state index < -0.39 is 11.4 Å². The summed E-state index contributed by atoms with van der Waals surface area (Å²) < 4.78 is 24.5. The van der Waals surface area contributed by atoms with Crippen LogP contribution in [0.2, 0.25) is 0 Å². The van der Waals surface area contributed by atoms with E-state index in [4.69, 9.17) is 9.47 Å². The fraction of sp³-hybridized carbons (Fsp3) is 0.526. The summed E-state index contributed by atoms with van der Waals surface area (Å²) in [5, 5.41) is 0.703. The Balaban J connectivity index is 1.82. The number of amides is 1. The van der Waals surface area contributed by atoms with Crippen molar-refractivity contribution in [3.63, 3.8) is 0 Å². The molecule has 1 aromatic heterocycles. The predicted octanol–water partition coefficient (Wildman–Crippen LogP) is 3.22. The van der Waals surface area contributed by atoms with Gasteiger partial charge in [-0.05, 0) is 33.3 Å². The number of halogens is 1. The number of carbonyl (C=O) groups excluding carboxylic acids is 1. The number of likely N-dealkylation sites (tertiary alicyclic amines) is 1. The van der Waals surface area contributed by atoms with Crippen LogP contribution in [-0.4, -0.2) is 59.9 Å². The van der Waals surface area contributed by atoms with E-state index in [1.54, 1.807) is 11.0 Å². The first-order valence-electron chi connectivity index (χ1n) is 8.88. The van der Waals surface area contributed by atoms with Crippen molar-refractivity contribution in [3.05, 3.63) is 24.3 Å². The quantitative estimate of drug-likeness (QED) is 0.819. The number of likely N-dealkylation sites (N-methyl/N-ethyl adjacent to an activating group) is 1. The second kappa shape index (κ2) is 7.17. The molecule has 1 aliphatic heterocycles.